The molecule has 0 spiro atoms. The molecule has 0 aliphatic carbocycles. The Kier molecular flexibility index (Phi) is 4.05. The number of rotatable bonds is 3. The van der Waals surface area contributed by atoms with Crippen molar-refractivity contribution < 1.29 is 27.9 Å². The van der Waals surface area contributed by atoms with Gasteiger partial charge in [0, 0.05) is 37.7 Å². The lowest BCUT2D eigenvalue weighted by Gasteiger charge is -2.34. The molecule has 1 aromatic rings. The second-order valence-corrected chi connectivity index (χ2v) is 9.09. The van der Waals surface area contributed by atoms with Gasteiger partial charge in [-0.05, 0) is 36.6 Å². The fourth-order valence-electron chi connectivity index (χ4n) is 4.11. The van der Waals surface area contributed by atoms with E-state index >= 15 is 0 Å². The minimum absolute atomic E-state index is 0.0352. The minimum Gasteiger partial charge on any atom is -0.481 e. The van der Waals surface area contributed by atoms with E-state index in [2.05, 4.69) is 5.32 Å². The van der Waals surface area contributed by atoms with Crippen molar-refractivity contribution in [3.63, 3.8) is 0 Å². The number of carbonyl (C=O) groups excluding carboxylic acids is 1. The average Bonchev–Trinajstić information content (AvgIpc) is 3.03. The number of anilines is 1. The molecule has 2 saturated heterocycles. The van der Waals surface area contributed by atoms with E-state index < -0.39 is 21.4 Å². The van der Waals surface area contributed by atoms with Crippen molar-refractivity contribution in [2.75, 3.05) is 31.6 Å². The molecule has 0 bridgehead atoms. The van der Waals surface area contributed by atoms with Gasteiger partial charge in [-0.3, -0.25) is 9.59 Å². The van der Waals surface area contributed by atoms with Crippen LogP contribution in [-0.4, -0.2) is 56.0 Å². The summed E-state index contributed by atoms with van der Waals surface area (Å²) in [5, 5.41) is 12.4. The third kappa shape index (κ3) is 2.62. The first-order valence-corrected chi connectivity index (χ1v) is 10.0. The zero-order valence-electron chi connectivity index (χ0n) is 14.1. The lowest BCUT2D eigenvalue weighted by molar-refractivity contribution is -0.157. The van der Waals surface area contributed by atoms with Gasteiger partial charge in [-0.2, -0.15) is 4.31 Å². The van der Waals surface area contributed by atoms with E-state index in [1.807, 2.05) is 0 Å². The van der Waals surface area contributed by atoms with E-state index in [9.17, 15) is 23.1 Å². The van der Waals surface area contributed by atoms with E-state index in [4.69, 9.17) is 4.74 Å². The smallest absolute Gasteiger partial charge is 0.311 e. The monoisotopic (exact) mass is 380 g/mol. The fraction of sp³-hybridized carbons (Fsp3) is 0.529. The van der Waals surface area contributed by atoms with Crippen molar-refractivity contribution in [1.82, 2.24) is 4.31 Å². The summed E-state index contributed by atoms with van der Waals surface area (Å²) in [6.07, 6.45) is 1.12. The molecule has 3 heterocycles. The molecule has 140 valence electrons. The number of fused-ring (bicyclic) bond motifs is 2. The predicted octanol–water partition coefficient (Wildman–Crippen LogP) is 0.683. The van der Waals surface area contributed by atoms with Gasteiger partial charge < -0.3 is 15.2 Å². The number of aryl methyl sites for hydroxylation is 1. The number of nitrogens with one attached hydrogen (secondary N) is 1. The van der Waals surface area contributed by atoms with Crippen LogP contribution in [0, 0.1) is 11.3 Å². The molecule has 2 atom stereocenters. The summed E-state index contributed by atoms with van der Waals surface area (Å²) < 4.78 is 32.8. The predicted molar refractivity (Wildman–Crippen MR) is 91.1 cm³/mol. The standard InChI is InChI=1S/C17H20N2O6S/c20-15-4-1-11-7-13(2-3-14(11)18-15)26(23,24)19-8-12-9-25-6-5-17(12,10-19)16(21)22/h2-3,7,12H,1,4-6,8-10H2,(H,18,20)(H,21,22)/t12-,17+/m1/s1. The van der Waals surface area contributed by atoms with Crippen molar-refractivity contribution in [2.24, 2.45) is 11.3 Å². The van der Waals surface area contributed by atoms with E-state index in [0.717, 1.165) is 5.56 Å². The normalized spacial score (nSPS) is 28.9. The number of nitrogens with zero attached hydrogens (tertiary/aromatic N) is 1. The molecule has 2 N–H and O–H groups in total. The topological polar surface area (TPSA) is 113 Å². The molecule has 0 saturated carbocycles. The summed E-state index contributed by atoms with van der Waals surface area (Å²) in [4.78, 5) is 23.5. The van der Waals surface area contributed by atoms with Gasteiger partial charge >= 0.3 is 5.97 Å². The average molecular weight is 380 g/mol. The maximum absolute atomic E-state index is 13.1. The molecule has 0 unspecified atom stereocenters. The summed E-state index contributed by atoms with van der Waals surface area (Å²) in [6.45, 7) is 0.693. The number of carboxylic acid groups (broad SMARTS) is 1. The largest absolute Gasteiger partial charge is 0.481 e. The van der Waals surface area contributed by atoms with Crippen molar-refractivity contribution in [3.8, 4) is 0 Å². The van der Waals surface area contributed by atoms with E-state index in [1.165, 1.54) is 10.4 Å². The van der Waals surface area contributed by atoms with Gasteiger partial charge in [-0.1, -0.05) is 0 Å². The highest BCUT2D eigenvalue weighted by molar-refractivity contribution is 7.89. The quantitative estimate of drug-likeness (QED) is 0.797. The maximum atomic E-state index is 13.1. The summed E-state index contributed by atoms with van der Waals surface area (Å²) in [7, 11) is -3.81. The molecule has 0 radical (unpaired) electrons. The van der Waals surface area contributed by atoms with E-state index in [0.29, 0.717) is 31.6 Å². The number of amides is 1. The molecule has 9 heteroatoms. The Bertz CT molecular complexity index is 883. The summed E-state index contributed by atoms with van der Waals surface area (Å²) in [5.74, 6) is -1.39. The van der Waals surface area contributed by atoms with Crippen LogP contribution in [0.2, 0.25) is 0 Å². The van der Waals surface area contributed by atoms with Crippen LogP contribution in [0.3, 0.4) is 0 Å². The number of hydrogen-bond acceptors (Lipinski definition) is 5. The SMILES string of the molecule is O=C1CCc2cc(S(=O)(=O)N3C[C@@H]4COCC[C@]4(C(=O)O)C3)ccc2N1. The van der Waals surface area contributed by atoms with Gasteiger partial charge in [0.2, 0.25) is 15.9 Å². The molecule has 1 aromatic carbocycles. The van der Waals surface area contributed by atoms with Crippen molar-refractivity contribution in [2.45, 2.75) is 24.2 Å². The van der Waals surface area contributed by atoms with Crippen molar-refractivity contribution in [3.05, 3.63) is 23.8 Å². The number of sulfonamides is 1. The van der Waals surface area contributed by atoms with Crippen LogP contribution >= 0.6 is 0 Å². The van der Waals surface area contributed by atoms with E-state index in [-0.39, 0.29) is 36.4 Å². The lowest BCUT2D eigenvalue weighted by atomic mass is 9.74. The molecule has 4 rings (SSSR count). The number of carbonyl (C=O) groups is 2. The zero-order chi connectivity index (χ0) is 18.5. The first kappa shape index (κ1) is 17.4. The molecule has 3 aliphatic heterocycles. The molecular formula is C17H20N2O6S. The van der Waals surface area contributed by atoms with Gasteiger partial charge in [-0.15, -0.1) is 0 Å². The van der Waals surface area contributed by atoms with Gasteiger partial charge in [-0.25, -0.2) is 8.42 Å². The van der Waals surface area contributed by atoms with Gasteiger partial charge in [0.25, 0.3) is 0 Å². The highest BCUT2D eigenvalue weighted by Crippen LogP contribution is 2.44. The summed E-state index contributed by atoms with van der Waals surface area (Å²) >= 11 is 0. The summed E-state index contributed by atoms with van der Waals surface area (Å²) in [5.41, 5.74) is 0.331. The Morgan fingerprint density at radius 3 is 2.88 bits per heavy atom. The third-order valence-corrected chi connectivity index (χ3v) is 7.52. The molecule has 8 nitrogen and oxygen atoms in total. The number of ether oxygens (including phenoxy) is 1. The van der Waals surface area contributed by atoms with Crippen LogP contribution < -0.4 is 5.32 Å². The Hall–Kier alpha value is -1.97. The maximum Gasteiger partial charge on any atom is 0.311 e. The number of benzene rings is 1. The Balaban J connectivity index is 1.65. The lowest BCUT2D eigenvalue weighted by Crippen LogP contribution is -2.45. The molecule has 1 amide bonds. The van der Waals surface area contributed by atoms with Crippen LogP contribution in [0.4, 0.5) is 5.69 Å². The highest BCUT2D eigenvalue weighted by Gasteiger charge is 2.56. The number of aliphatic carboxylic acids is 1. The van der Waals surface area contributed by atoms with E-state index in [1.54, 1.807) is 12.1 Å². The van der Waals surface area contributed by atoms with Crippen LogP contribution in [0.25, 0.3) is 0 Å². The van der Waals surface area contributed by atoms with Crippen LogP contribution in [-0.2, 0) is 30.8 Å². The minimum atomic E-state index is -3.81. The van der Waals surface area contributed by atoms with Crippen molar-refractivity contribution >= 4 is 27.6 Å². The van der Waals surface area contributed by atoms with Gasteiger partial charge in [0.05, 0.1) is 16.9 Å². The zero-order valence-corrected chi connectivity index (χ0v) is 14.9. The van der Waals surface area contributed by atoms with Crippen molar-refractivity contribution in [1.29, 1.82) is 0 Å². The second-order valence-electron chi connectivity index (χ2n) is 7.15. The van der Waals surface area contributed by atoms with Crippen LogP contribution in [0.5, 0.6) is 0 Å². The Morgan fingerprint density at radius 1 is 1.35 bits per heavy atom. The number of carboxylic acids is 1. The molecule has 26 heavy (non-hydrogen) atoms. The molecular weight excluding hydrogens is 360 g/mol. The Morgan fingerprint density at radius 2 is 2.15 bits per heavy atom. The summed E-state index contributed by atoms with van der Waals surface area (Å²) in [6, 6.07) is 4.64. The first-order valence-electron chi connectivity index (χ1n) is 8.57. The van der Waals surface area contributed by atoms with Crippen LogP contribution in [0.1, 0.15) is 18.4 Å². The molecule has 2 fully saturated rings. The molecule has 0 aromatic heterocycles. The Labute approximate surface area is 151 Å². The fourth-order valence-corrected chi connectivity index (χ4v) is 5.71. The first-order chi connectivity index (χ1) is 12.3. The molecule has 3 aliphatic rings. The van der Waals surface area contributed by atoms with Gasteiger partial charge in [0.15, 0.2) is 0 Å². The number of hydrogen-bond donors (Lipinski definition) is 2. The van der Waals surface area contributed by atoms with Gasteiger partial charge in [0.1, 0.15) is 0 Å². The van der Waals surface area contributed by atoms with Crippen LogP contribution in [0.15, 0.2) is 23.1 Å². The third-order valence-electron chi connectivity index (χ3n) is 5.71. The highest BCUT2D eigenvalue weighted by atomic mass is 32.2. The second kappa shape index (κ2) is 6.04.